The molecule has 0 fully saturated rings. The number of ketones is 3. The molecule has 0 amide bonds. The third kappa shape index (κ3) is 140. The van der Waals surface area contributed by atoms with Crippen LogP contribution < -0.4 is 0 Å². The van der Waals surface area contributed by atoms with E-state index in [1.165, 1.54) is 77.2 Å². The number of methoxy groups -OCH3 is 1. The summed E-state index contributed by atoms with van der Waals surface area (Å²) in [6.07, 6.45) is 19.6. The van der Waals surface area contributed by atoms with Gasteiger partial charge in [0.1, 0.15) is 12.2 Å². The molecule has 0 saturated heterocycles. The Morgan fingerprint density at radius 3 is 0.964 bits per heavy atom. The van der Waals surface area contributed by atoms with E-state index in [9.17, 15) is 52.7 Å². The zero-order valence-corrected chi connectivity index (χ0v) is 54.2. The number of carbonyl (C=O) groups is 11. The minimum atomic E-state index is -0.425. The molecule has 0 aromatic carbocycles. The Morgan fingerprint density at radius 2 is 0.762 bits per heavy atom. The monoisotopic (exact) mass is 1210 g/mol. The molecule has 0 heterocycles. The normalized spacial score (nSPS) is 8.83. The molecular weight excluding hydrogens is 1110 g/mol. The minimum Gasteiger partial charge on any atom is -0.466 e. The number of alkyl halides is 1. The fraction of sp³-hybridized carbons (Fsp3) is 0.484. The summed E-state index contributed by atoms with van der Waals surface area (Å²) in [5.41, 5.74) is -0.398. The SMILES string of the molecule is C=CC(=O)OC.C=CC(=O)OC(C)(C)C.C=CC(=O)OC(C)C.C=CC(=O)OCC.C=CC(=O)OCC(C)C.C=CC(=O)OCC(CC)CCCC.C=CC(=O)OCCCC.C=CC(=O)OCCCl.C=CC(C)=O.C=CC(C)=O.C=CC(C)=O. The molecule has 0 aromatic rings. The number of ether oxygens (including phenoxy) is 8. The van der Waals surface area contributed by atoms with Crippen molar-refractivity contribution in [3.8, 4) is 0 Å². The van der Waals surface area contributed by atoms with E-state index in [1.807, 2.05) is 41.5 Å². The highest BCUT2D eigenvalue weighted by atomic mass is 35.5. The Kier molecular flexibility index (Phi) is 98.6. The molecule has 0 aliphatic heterocycles. The van der Waals surface area contributed by atoms with Crippen molar-refractivity contribution >= 4 is 76.7 Å². The van der Waals surface area contributed by atoms with Crippen molar-refractivity contribution < 1.29 is 90.6 Å². The number of carbonyl (C=O) groups excluding carboxylic acids is 11. The smallest absolute Gasteiger partial charge is 0.330 e. The Morgan fingerprint density at radius 1 is 0.440 bits per heavy atom. The van der Waals surface area contributed by atoms with Crippen LogP contribution in [0.2, 0.25) is 0 Å². The molecular formula is C64H105ClO19. The molecule has 0 aliphatic rings. The van der Waals surface area contributed by atoms with Gasteiger partial charge in [0.25, 0.3) is 0 Å². The first kappa shape index (κ1) is 101. The van der Waals surface area contributed by atoms with E-state index in [1.54, 1.807) is 20.8 Å². The molecule has 0 N–H and O–H groups in total. The maximum atomic E-state index is 10.8. The van der Waals surface area contributed by atoms with Gasteiger partial charge >= 0.3 is 47.8 Å². The third-order valence-electron chi connectivity index (χ3n) is 7.07. The summed E-state index contributed by atoms with van der Waals surface area (Å²) in [4.78, 5) is 111. The van der Waals surface area contributed by atoms with Gasteiger partial charge in [-0.15, -0.1) is 11.6 Å². The van der Waals surface area contributed by atoms with Crippen LogP contribution in [0.4, 0.5) is 0 Å². The number of esters is 8. The average molecular weight is 1210 g/mol. The van der Waals surface area contributed by atoms with Crippen LogP contribution in [0.1, 0.15) is 135 Å². The molecule has 0 spiro atoms. The summed E-state index contributed by atoms with van der Waals surface area (Å²) in [5.74, 6) is -1.59. The lowest BCUT2D eigenvalue weighted by molar-refractivity contribution is -0.148. The van der Waals surface area contributed by atoms with Crippen LogP contribution in [0.25, 0.3) is 0 Å². The van der Waals surface area contributed by atoms with Crippen molar-refractivity contribution in [2.75, 3.05) is 46.0 Å². The number of halogens is 1. The van der Waals surface area contributed by atoms with E-state index >= 15 is 0 Å². The first-order valence-corrected chi connectivity index (χ1v) is 26.9. The number of unbranched alkanes of at least 4 members (excludes halogenated alkanes) is 2. The molecule has 84 heavy (non-hydrogen) atoms. The van der Waals surface area contributed by atoms with Gasteiger partial charge in [0.2, 0.25) is 0 Å². The van der Waals surface area contributed by atoms with Gasteiger partial charge in [-0.1, -0.05) is 133 Å². The third-order valence-corrected chi connectivity index (χ3v) is 7.22. The van der Waals surface area contributed by atoms with E-state index in [2.05, 4.69) is 110 Å². The first-order chi connectivity index (χ1) is 39.1. The lowest BCUT2D eigenvalue weighted by atomic mass is 10.0. The van der Waals surface area contributed by atoms with Crippen molar-refractivity contribution in [2.24, 2.45) is 11.8 Å². The van der Waals surface area contributed by atoms with Crippen LogP contribution in [0.3, 0.4) is 0 Å². The summed E-state index contributed by atoms with van der Waals surface area (Å²) in [6, 6.07) is 0. The predicted octanol–water partition coefficient (Wildman–Crippen LogP) is 12.8. The molecule has 0 bridgehead atoms. The predicted molar refractivity (Wildman–Crippen MR) is 338 cm³/mol. The van der Waals surface area contributed by atoms with Crippen LogP contribution in [0.15, 0.2) is 139 Å². The lowest BCUT2D eigenvalue weighted by Gasteiger charge is -2.17. The van der Waals surface area contributed by atoms with Crippen molar-refractivity contribution in [3.05, 3.63) is 139 Å². The van der Waals surface area contributed by atoms with E-state index in [0.29, 0.717) is 44.1 Å². The number of hydrogen-bond acceptors (Lipinski definition) is 19. The second-order valence-electron chi connectivity index (χ2n) is 16.8. The molecule has 1 unspecified atom stereocenters. The second kappa shape index (κ2) is 81.7. The summed E-state index contributed by atoms with van der Waals surface area (Å²) in [5, 5.41) is 0. The minimum absolute atomic E-state index is 0.0185. The van der Waals surface area contributed by atoms with Gasteiger partial charge in [-0.3, -0.25) is 14.4 Å². The molecule has 0 rings (SSSR count). The molecule has 1 atom stereocenters. The number of rotatable bonds is 26. The molecule has 0 aliphatic carbocycles. The van der Waals surface area contributed by atoms with Crippen molar-refractivity contribution in [2.45, 2.75) is 147 Å². The first-order valence-electron chi connectivity index (χ1n) is 26.4. The van der Waals surface area contributed by atoms with Gasteiger partial charge in [-0.2, -0.15) is 0 Å². The van der Waals surface area contributed by atoms with Crippen molar-refractivity contribution in [1.82, 2.24) is 0 Å². The Labute approximate surface area is 509 Å². The highest BCUT2D eigenvalue weighted by molar-refractivity contribution is 6.18. The van der Waals surface area contributed by atoms with Gasteiger partial charge in [-0.05, 0) is 105 Å². The molecule has 0 saturated carbocycles. The highest BCUT2D eigenvalue weighted by Crippen LogP contribution is 2.13. The Bertz CT molecular complexity index is 1840. The maximum absolute atomic E-state index is 10.8. The zero-order valence-electron chi connectivity index (χ0n) is 53.5. The van der Waals surface area contributed by atoms with E-state index in [4.69, 9.17) is 25.8 Å². The highest BCUT2D eigenvalue weighted by Gasteiger charge is 2.13. The maximum Gasteiger partial charge on any atom is 0.330 e. The van der Waals surface area contributed by atoms with E-state index in [0.717, 1.165) is 56.1 Å². The standard InChI is InChI=1S/C11H20O2.3C7H12O2.C6H10O2.C5H7ClO2.C5H8O2.C4H6O2.3C4H6O/c1-4-7-8-10(5-2)9-13-11(12)6-3;1-5-6(8)9-7(2,3)4;1-4-7(8)9-5-6(2)3;1-3-5-6-9-7(8)4-2;1-4-6(7)8-5(2)3;1-2-5(7)8-4-3-6;1-3-5(6)7-4-2;1-3-4(5)6-2;3*1-3-4(2)5/h6,10H,3-5,7-9H2,1-2H3;5H,1H2,2-4H3;4,6H,1,5H2,2-3H3;4H,2-3,5-6H2,1H3;4-5H,1H2,2-3H3;2H,1,3-4H2;3H,1,4H2,2H3;3H,1H2,2H3;3*3H,1H2,2H3. The molecule has 19 nitrogen and oxygen atoms in total. The quantitative estimate of drug-likeness (QED) is 0.0256. The number of allylic oxidation sites excluding steroid dienone is 3. The van der Waals surface area contributed by atoms with Gasteiger partial charge < -0.3 is 37.9 Å². The second-order valence-corrected chi connectivity index (χ2v) is 17.2. The van der Waals surface area contributed by atoms with E-state index < -0.39 is 17.5 Å². The molecule has 20 heteroatoms. The average Bonchev–Trinajstić information content (AvgIpc) is 3.46. The summed E-state index contributed by atoms with van der Waals surface area (Å²) in [7, 11) is 1.31. The fourth-order valence-electron chi connectivity index (χ4n) is 2.95. The Balaban J connectivity index is -0.0000000784. The van der Waals surface area contributed by atoms with Crippen molar-refractivity contribution in [1.29, 1.82) is 0 Å². The topological polar surface area (TPSA) is 262 Å². The van der Waals surface area contributed by atoms with Gasteiger partial charge in [0.15, 0.2) is 17.3 Å². The zero-order chi connectivity index (χ0) is 68.5. The van der Waals surface area contributed by atoms with Gasteiger partial charge in [-0.25, -0.2) is 38.4 Å². The summed E-state index contributed by atoms with van der Waals surface area (Å²) >= 11 is 5.19. The Hall–Kier alpha value is -7.80. The molecule has 0 radical (unpaired) electrons. The van der Waals surface area contributed by atoms with Crippen LogP contribution in [0.5, 0.6) is 0 Å². The van der Waals surface area contributed by atoms with Crippen LogP contribution in [-0.4, -0.2) is 123 Å². The summed E-state index contributed by atoms with van der Waals surface area (Å²) < 4.78 is 36.9. The van der Waals surface area contributed by atoms with Crippen LogP contribution >= 0.6 is 11.6 Å². The van der Waals surface area contributed by atoms with Gasteiger partial charge in [0.05, 0.1) is 45.5 Å². The van der Waals surface area contributed by atoms with Crippen LogP contribution in [0, 0.1) is 11.8 Å². The van der Waals surface area contributed by atoms with E-state index in [-0.39, 0.29) is 65.9 Å². The van der Waals surface area contributed by atoms with Crippen LogP contribution in [-0.2, 0) is 90.6 Å². The molecule has 0 aromatic heterocycles. The lowest BCUT2D eigenvalue weighted by Crippen LogP contribution is -2.22. The molecule has 482 valence electrons. The number of hydrogen-bond donors (Lipinski definition) is 0. The largest absolute Gasteiger partial charge is 0.466 e. The summed E-state index contributed by atoms with van der Waals surface area (Å²) in [6.45, 7) is 63.3. The van der Waals surface area contributed by atoms with Crippen molar-refractivity contribution in [3.63, 3.8) is 0 Å². The van der Waals surface area contributed by atoms with Gasteiger partial charge in [0, 0.05) is 48.6 Å². The fourth-order valence-corrected chi connectivity index (χ4v) is 3.02.